The first-order valence-electron chi connectivity index (χ1n) is 5.57. The van der Waals surface area contributed by atoms with E-state index in [1.807, 2.05) is 19.1 Å². The summed E-state index contributed by atoms with van der Waals surface area (Å²) in [5.74, 6) is -0.722. The Morgan fingerprint density at radius 1 is 1.32 bits per heavy atom. The maximum atomic E-state index is 12.2. The van der Waals surface area contributed by atoms with E-state index in [1.165, 1.54) is 11.7 Å². The molecule has 2 aromatic rings. The first-order valence-corrected chi connectivity index (χ1v) is 5.57. The average Bonchev–Trinajstić information content (AvgIpc) is 2.40. The van der Waals surface area contributed by atoms with Gasteiger partial charge >= 0.3 is 5.97 Å². The number of aryl methyl sites for hydroxylation is 1. The van der Waals surface area contributed by atoms with Crippen LogP contribution < -0.4 is 11.3 Å². The molecule has 0 aliphatic rings. The van der Waals surface area contributed by atoms with Crippen LogP contribution in [0.5, 0.6) is 0 Å². The fraction of sp³-hybridized carbons (Fsp3) is 0.154. The van der Waals surface area contributed by atoms with Crippen LogP contribution in [0.2, 0.25) is 0 Å². The van der Waals surface area contributed by atoms with Crippen LogP contribution in [0.1, 0.15) is 15.9 Å². The number of nitrogens with zero attached hydrogens (tertiary/aromatic N) is 2. The number of hydrogen-bond donors (Lipinski definition) is 1. The summed E-state index contributed by atoms with van der Waals surface area (Å²) in [6.07, 6.45) is 1.12. The number of aromatic nitrogens is 2. The largest absolute Gasteiger partial charge is 0.465 e. The Balaban J connectivity index is 2.66. The maximum Gasteiger partial charge on any atom is 0.345 e. The second-order valence-electron chi connectivity index (χ2n) is 4.00. The molecule has 0 atom stereocenters. The number of carbonyl (C=O) groups excluding carboxylic acids is 1. The number of methoxy groups -OCH3 is 1. The van der Waals surface area contributed by atoms with E-state index in [9.17, 15) is 9.59 Å². The third kappa shape index (κ3) is 2.33. The summed E-state index contributed by atoms with van der Waals surface area (Å²) in [6, 6.07) is 7.14. The van der Waals surface area contributed by atoms with Crippen molar-refractivity contribution in [2.75, 3.05) is 12.8 Å². The molecule has 0 aliphatic carbocycles. The van der Waals surface area contributed by atoms with Gasteiger partial charge in [-0.05, 0) is 19.1 Å². The van der Waals surface area contributed by atoms with Crippen LogP contribution >= 0.6 is 0 Å². The van der Waals surface area contributed by atoms with Crippen molar-refractivity contribution in [1.29, 1.82) is 0 Å². The Morgan fingerprint density at radius 2 is 1.95 bits per heavy atom. The molecule has 0 amide bonds. The number of carbonyl (C=O) groups is 1. The van der Waals surface area contributed by atoms with Crippen LogP contribution in [-0.2, 0) is 4.74 Å². The highest BCUT2D eigenvalue weighted by Gasteiger charge is 2.16. The molecule has 0 saturated heterocycles. The molecule has 1 aromatic heterocycles. The van der Waals surface area contributed by atoms with Gasteiger partial charge in [0.05, 0.1) is 19.0 Å². The lowest BCUT2D eigenvalue weighted by molar-refractivity contribution is 0.0598. The Morgan fingerprint density at radius 3 is 2.53 bits per heavy atom. The second kappa shape index (κ2) is 4.93. The minimum absolute atomic E-state index is 0.0153. The minimum Gasteiger partial charge on any atom is -0.465 e. The van der Waals surface area contributed by atoms with Gasteiger partial charge in [-0.3, -0.25) is 4.79 Å². The highest BCUT2D eigenvalue weighted by molar-refractivity contribution is 5.88. The third-order valence-corrected chi connectivity index (χ3v) is 2.69. The molecule has 19 heavy (non-hydrogen) atoms. The van der Waals surface area contributed by atoms with Gasteiger partial charge in [-0.25, -0.2) is 14.3 Å². The fourth-order valence-electron chi connectivity index (χ4n) is 1.66. The molecule has 0 aliphatic heterocycles. The van der Waals surface area contributed by atoms with Crippen molar-refractivity contribution in [3.8, 4) is 5.69 Å². The number of anilines is 1. The summed E-state index contributed by atoms with van der Waals surface area (Å²) in [5, 5.41) is 0. The fourth-order valence-corrected chi connectivity index (χ4v) is 1.66. The van der Waals surface area contributed by atoms with Crippen LogP contribution in [-0.4, -0.2) is 22.6 Å². The zero-order valence-electron chi connectivity index (χ0n) is 10.6. The van der Waals surface area contributed by atoms with Crippen LogP contribution in [0.25, 0.3) is 5.69 Å². The second-order valence-corrected chi connectivity index (χ2v) is 4.00. The maximum absolute atomic E-state index is 12.2. The Labute approximate surface area is 109 Å². The van der Waals surface area contributed by atoms with E-state index in [4.69, 9.17) is 5.73 Å². The third-order valence-electron chi connectivity index (χ3n) is 2.69. The van der Waals surface area contributed by atoms with Crippen molar-refractivity contribution in [1.82, 2.24) is 9.55 Å². The smallest absolute Gasteiger partial charge is 0.345 e. The van der Waals surface area contributed by atoms with E-state index in [1.54, 1.807) is 12.1 Å². The lowest BCUT2D eigenvalue weighted by atomic mass is 10.2. The van der Waals surface area contributed by atoms with Crippen molar-refractivity contribution in [3.05, 3.63) is 51.9 Å². The molecule has 0 saturated carbocycles. The number of rotatable bonds is 2. The normalized spacial score (nSPS) is 10.2. The van der Waals surface area contributed by atoms with Crippen molar-refractivity contribution in [2.24, 2.45) is 0 Å². The minimum atomic E-state index is -0.738. The van der Waals surface area contributed by atoms with E-state index in [-0.39, 0.29) is 11.5 Å². The van der Waals surface area contributed by atoms with Crippen LogP contribution in [0.15, 0.2) is 35.3 Å². The molecule has 1 aromatic carbocycles. The van der Waals surface area contributed by atoms with Crippen LogP contribution in [0.4, 0.5) is 5.95 Å². The molecule has 0 unspecified atom stereocenters. The molecule has 0 fully saturated rings. The van der Waals surface area contributed by atoms with E-state index in [0.29, 0.717) is 5.69 Å². The highest BCUT2D eigenvalue weighted by atomic mass is 16.5. The van der Waals surface area contributed by atoms with Gasteiger partial charge < -0.3 is 10.5 Å². The number of nitrogens with two attached hydrogens (primary N) is 1. The standard InChI is InChI=1S/C13H13N3O3/c1-8-3-5-9(6-4-8)16-11(17)10(12(18)19-2)7-15-13(16)14/h3-7H,1-2H3,(H2,14,15). The van der Waals surface area contributed by atoms with E-state index < -0.39 is 11.5 Å². The van der Waals surface area contributed by atoms with Gasteiger partial charge in [-0.15, -0.1) is 0 Å². The van der Waals surface area contributed by atoms with Gasteiger partial charge in [-0.1, -0.05) is 17.7 Å². The van der Waals surface area contributed by atoms with Crippen molar-refractivity contribution >= 4 is 11.9 Å². The Kier molecular flexibility index (Phi) is 3.33. The van der Waals surface area contributed by atoms with Gasteiger partial charge in [-0.2, -0.15) is 0 Å². The molecule has 2 N–H and O–H groups in total. The van der Waals surface area contributed by atoms with Gasteiger partial charge in [0.2, 0.25) is 5.95 Å². The molecular weight excluding hydrogens is 246 g/mol. The van der Waals surface area contributed by atoms with Crippen LogP contribution in [0, 0.1) is 6.92 Å². The van der Waals surface area contributed by atoms with Gasteiger partial charge in [0.15, 0.2) is 0 Å². The summed E-state index contributed by atoms with van der Waals surface area (Å²) < 4.78 is 5.71. The topological polar surface area (TPSA) is 87.2 Å². The molecule has 2 rings (SSSR count). The van der Waals surface area contributed by atoms with Crippen molar-refractivity contribution in [2.45, 2.75) is 6.92 Å². The first kappa shape index (κ1) is 12.8. The predicted octanol–water partition coefficient (Wildman–Crippen LogP) is 0.910. The molecule has 0 spiro atoms. The Hall–Kier alpha value is -2.63. The van der Waals surface area contributed by atoms with Crippen molar-refractivity contribution in [3.63, 3.8) is 0 Å². The lowest BCUT2D eigenvalue weighted by Gasteiger charge is -2.10. The molecule has 0 radical (unpaired) electrons. The monoisotopic (exact) mass is 259 g/mol. The number of ether oxygens (including phenoxy) is 1. The first-order chi connectivity index (χ1) is 9.04. The zero-order chi connectivity index (χ0) is 14.0. The lowest BCUT2D eigenvalue weighted by Crippen LogP contribution is -2.28. The molecular formula is C13H13N3O3. The summed E-state index contributed by atoms with van der Waals surface area (Å²) >= 11 is 0. The van der Waals surface area contributed by atoms with Gasteiger partial charge in [0.1, 0.15) is 5.56 Å². The van der Waals surface area contributed by atoms with E-state index >= 15 is 0 Å². The number of esters is 1. The number of benzene rings is 1. The summed E-state index contributed by atoms with van der Waals surface area (Å²) in [6.45, 7) is 1.93. The average molecular weight is 259 g/mol. The predicted molar refractivity (Wildman–Crippen MR) is 70.3 cm³/mol. The van der Waals surface area contributed by atoms with Crippen LogP contribution in [0.3, 0.4) is 0 Å². The summed E-state index contributed by atoms with van der Waals surface area (Å²) in [7, 11) is 1.20. The van der Waals surface area contributed by atoms with E-state index in [2.05, 4.69) is 9.72 Å². The highest BCUT2D eigenvalue weighted by Crippen LogP contribution is 2.10. The molecule has 0 bridgehead atoms. The van der Waals surface area contributed by atoms with E-state index in [0.717, 1.165) is 11.8 Å². The summed E-state index contributed by atoms with van der Waals surface area (Å²) in [5.41, 5.74) is 6.59. The number of hydrogen-bond acceptors (Lipinski definition) is 5. The molecule has 6 heteroatoms. The zero-order valence-corrected chi connectivity index (χ0v) is 10.6. The molecule has 1 heterocycles. The van der Waals surface area contributed by atoms with Gasteiger partial charge in [0, 0.05) is 0 Å². The SMILES string of the molecule is COC(=O)c1cnc(N)n(-c2ccc(C)cc2)c1=O. The quantitative estimate of drug-likeness (QED) is 0.810. The van der Waals surface area contributed by atoms with Gasteiger partial charge in [0.25, 0.3) is 5.56 Å². The molecule has 6 nitrogen and oxygen atoms in total. The summed E-state index contributed by atoms with van der Waals surface area (Å²) in [4.78, 5) is 27.5. The van der Waals surface area contributed by atoms with Crippen molar-refractivity contribution < 1.29 is 9.53 Å². The molecule has 98 valence electrons. The Bertz CT molecular complexity index is 675. The number of nitrogen functional groups attached to an aromatic ring is 1.